The third-order valence-corrected chi connectivity index (χ3v) is 2.13. The van der Waals surface area contributed by atoms with Crippen LogP contribution >= 0.6 is 0 Å². The minimum atomic E-state index is 0.626. The molecule has 1 aromatic rings. The summed E-state index contributed by atoms with van der Waals surface area (Å²) in [6, 6.07) is 3.82. The van der Waals surface area contributed by atoms with Crippen LogP contribution in [0.1, 0.15) is 31.7 Å². The van der Waals surface area contributed by atoms with Crippen LogP contribution < -0.4 is 11.3 Å². The lowest BCUT2D eigenvalue weighted by Gasteiger charge is -2.05. The van der Waals surface area contributed by atoms with E-state index in [1.165, 1.54) is 12.8 Å². The molecule has 1 aromatic heterocycles. The summed E-state index contributed by atoms with van der Waals surface area (Å²) < 4.78 is 5.52. The topological polar surface area (TPSA) is 60.2 Å². The molecule has 0 saturated carbocycles. The number of hydrogen-bond donors (Lipinski definition) is 2. The maximum atomic E-state index is 5.52. The molecule has 1 rings (SSSR count). The van der Waals surface area contributed by atoms with Crippen molar-refractivity contribution in [2.75, 3.05) is 12.0 Å². The maximum Gasteiger partial charge on any atom is 0.140 e. The number of nitrogens with two attached hydrogens (primary N) is 1. The number of aromatic nitrogens is 1. The van der Waals surface area contributed by atoms with Crippen molar-refractivity contribution < 1.29 is 4.74 Å². The fraction of sp³-hybridized carbons (Fsp3) is 0.545. The first-order valence-electron chi connectivity index (χ1n) is 5.36. The number of hydrazine groups is 1. The molecular formula is C11H19N3O. The summed E-state index contributed by atoms with van der Waals surface area (Å²) in [5, 5.41) is 0. The molecule has 1 heterocycles. The number of unbranched alkanes of at least 4 members (excludes halogenated alkanes) is 2. The van der Waals surface area contributed by atoms with Crippen molar-refractivity contribution in [2.45, 2.75) is 32.8 Å². The van der Waals surface area contributed by atoms with Crippen LogP contribution in [0.3, 0.4) is 0 Å². The molecule has 0 aromatic carbocycles. The zero-order chi connectivity index (χ0) is 10.9. The van der Waals surface area contributed by atoms with Crippen molar-refractivity contribution in [1.29, 1.82) is 0 Å². The summed E-state index contributed by atoms with van der Waals surface area (Å²) in [7, 11) is 0. The van der Waals surface area contributed by atoms with Gasteiger partial charge in [-0.05, 0) is 24.1 Å². The zero-order valence-corrected chi connectivity index (χ0v) is 9.20. The van der Waals surface area contributed by atoms with E-state index in [0.29, 0.717) is 12.4 Å². The quantitative estimate of drug-likeness (QED) is 0.410. The molecule has 0 unspecified atom stereocenters. The summed E-state index contributed by atoms with van der Waals surface area (Å²) in [5.41, 5.74) is 3.60. The summed E-state index contributed by atoms with van der Waals surface area (Å²) in [6.07, 6.45) is 5.30. The van der Waals surface area contributed by atoms with Crippen molar-refractivity contribution in [3.05, 3.63) is 23.9 Å². The Bertz CT molecular complexity index is 278. The number of rotatable bonds is 7. The van der Waals surface area contributed by atoms with Crippen molar-refractivity contribution in [2.24, 2.45) is 5.84 Å². The van der Waals surface area contributed by atoms with E-state index in [0.717, 1.165) is 18.6 Å². The number of nitrogens with zero attached hydrogens (tertiary/aromatic N) is 1. The van der Waals surface area contributed by atoms with Gasteiger partial charge in [-0.3, -0.25) is 0 Å². The van der Waals surface area contributed by atoms with Gasteiger partial charge in [-0.2, -0.15) is 0 Å². The zero-order valence-electron chi connectivity index (χ0n) is 9.20. The smallest absolute Gasteiger partial charge is 0.140 e. The summed E-state index contributed by atoms with van der Waals surface area (Å²) in [6.45, 7) is 3.63. The van der Waals surface area contributed by atoms with E-state index in [9.17, 15) is 0 Å². The molecule has 0 radical (unpaired) electrons. The average Bonchev–Trinajstić information content (AvgIpc) is 2.29. The van der Waals surface area contributed by atoms with E-state index in [1.807, 2.05) is 12.1 Å². The van der Waals surface area contributed by atoms with E-state index in [2.05, 4.69) is 17.3 Å². The Morgan fingerprint density at radius 2 is 2.33 bits per heavy atom. The van der Waals surface area contributed by atoms with E-state index in [-0.39, 0.29) is 0 Å². The van der Waals surface area contributed by atoms with Gasteiger partial charge in [0.1, 0.15) is 5.82 Å². The van der Waals surface area contributed by atoms with Gasteiger partial charge in [-0.15, -0.1) is 0 Å². The molecule has 0 aliphatic heterocycles. The second kappa shape index (κ2) is 7.20. The summed E-state index contributed by atoms with van der Waals surface area (Å²) in [4.78, 5) is 4.02. The maximum absolute atomic E-state index is 5.52. The molecule has 0 aliphatic rings. The molecule has 0 bridgehead atoms. The Hall–Kier alpha value is -1.13. The van der Waals surface area contributed by atoms with Crippen LogP contribution in [0.4, 0.5) is 5.82 Å². The number of nitrogen functional groups attached to an aromatic ring is 1. The summed E-state index contributed by atoms with van der Waals surface area (Å²) >= 11 is 0. The Labute approximate surface area is 90.8 Å². The van der Waals surface area contributed by atoms with E-state index in [4.69, 9.17) is 10.6 Å². The van der Waals surface area contributed by atoms with Crippen LogP contribution in [-0.2, 0) is 11.3 Å². The fourth-order valence-corrected chi connectivity index (χ4v) is 1.29. The highest BCUT2D eigenvalue weighted by atomic mass is 16.5. The van der Waals surface area contributed by atoms with Gasteiger partial charge in [0.15, 0.2) is 0 Å². The van der Waals surface area contributed by atoms with Gasteiger partial charge < -0.3 is 10.2 Å². The first-order valence-corrected chi connectivity index (χ1v) is 5.36. The van der Waals surface area contributed by atoms with Crippen molar-refractivity contribution in [1.82, 2.24) is 4.98 Å². The molecule has 3 N–H and O–H groups in total. The fourth-order valence-electron chi connectivity index (χ4n) is 1.29. The van der Waals surface area contributed by atoms with Crippen molar-refractivity contribution in [3.8, 4) is 0 Å². The molecule has 84 valence electrons. The van der Waals surface area contributed by atoms with Crippen LogP contribution in [0.2, 0.25) is 0 Å². The Balaban J connectivity index is 2.24. The largest absolute Gasteiger partial charge is 0.377 e. The Morgan fingerprint density at radius 1 is 1.47 bits per heavy atom. The normalized spacial score (nSPS) is 10.3. The molecule has 0 amide bonds. The van der Waals surface area contributed by atoms with Gasteiger partial charge >= 0.3 is 0 Å². The molecule has 0 fully saturated rings. The van der Waals surface area contributed by atoms with Gasteiger partial charge in [-0.25, -0.2) is 10.8 Å². The van der Waals surface area contributed by atoms with E-state index >= 15 is 0 Å². The lowest BCUT2D eigenvalue weighted by Crippen LogP contribution is -2.08. The minimum absolute atomic E-state index is 0.626. The Morgan fingerprint density at radius 3 is 3.07 bits per heavy atom. The van der Waals surface area contributed by atoms with Crippen molar-refractivity contribution >= 4 is 5.82 Å². The second-order valence-electron chi connectivity index (χ2n) is 3.45. The van der Waals surface area contributed by atoms with Crippen LogP contribution in [0.25, 0.3) is 0 Å². The highest BCUT2D eigenvalue weighted by molar-refractivity contribution is 5.35. The number of pyridine rings is 1. The first kappa shape index (κ1) is 11.9. The number of anilines is 1. The third kappa shape index (κ3) is 4.76. The van der Waals surface area contributed by atoms with Crippen LogP contribution in [-0.4, -0.2) is 11.6 Å². The molecule has 15 heavy (non-hydrogen) atoms. The second-order valence-corrected chi connectivity index (χ2v) is 3.45. The minimum Gasteiger partial charge on any atom is -0.377 e. The molecule has 0 aliphatic carbocycles. The molecule has 0 saturated heterocycles. The molecule has 4 heteroatoms. The van der Waals surface area contributed by atoms with E-state index in [1.54, 1.807) is 6.20 Å². The lowest BCUT2D eigenvalue weighted by atomic mass is 10.2. The first-order chi connectivity index (χ1) is 7.36. The van der Waals surface area contributed by atoms with E-state index < -0.39 is 0 Å². The number of hydrogen-bond acceptors (Lipinski definition) is 4. The molecule has 0 atom stereocenters. The molecule has 4 nitrogen and oxygen atoms in total. The van der Waals surface area contributed by atoms with Crippen molar-refractivity contribution in [3.63, 3.8) is 0 Å². The standard InChI is InChI=1S/C11H19N3O/c1-2-3-4-7-15-9-10-5-6-13-11(8-10)14-12/h5-6,8H,2-4,7,9,12H2,1H3,(H,13,14). The van der Waals surface area contributed by atoms with Gasteiger partial charge in [0.2, 0.25) is 0 Å². The molecule has 0 spiro atoms. The monoisotopic (exact) mass is 209 g/mol. The van der Waals surface area contributed by atoms with Crippen LogP contribution in [0, 0.1) is 0 Å². The van der Waals surface area contributed by atoms with Gasteiger partial charge in [0.05, 0.1) is 6.61 Å². The Kier molecular flexibility index (Phi) is 5.73. The van der Waals surface area contributed by atoms with Gasteiger partial charge in [0, 0.05) is 12.8 Å². The van der Waals surface area contributed by atoms with Crippen LogP contribution in [0.5, 0.6) is 0 Å². The highest BCUT2D eigenvalue weighted by Crippen LogP contribution is 2.07. The third-order valence-electron chi connectivity index (χ3n) is 2.13. The number of ether oxygens (including phenoxy) is 1. The predicted molar refractivity (Wildman–Crippen MR) is 61.2 cm³/mol. The number of nitrogens with one attached hydrogen (secondary N) is 1. The van der Waals surface area contributed by atoms with Crippen LogP contribution in [0.15, 0.2) is 18.3 Å². The average molecular weight is 209 g/mol. The van der Waals surface area contributed by atoms with Gasteiger partial charge in [-0.1, -0.05) is 19.8 Å². The summed E-state index contributed by atoms with van der Waals surface area (Å²) in [5.74, 6) is 5.93. The van der Waals surface area contributed by atoms with Gasteiger partial charge in [0.25, 0.3) is 0 Å². The highest BCUT2D eigenvalue weighted by Gasteiger charge is 1.95. The SMILES string of the molecule is CCCCCOCc1ccnc(NN)c1. The predicted octanol–water partition coefficient (Wildman–Crippen LogP) is 2.07. The molecular weight excluding hydrogens is 190 g/mol. The lowest BCUT2D eigenvalue weighted by molar-refractivity contribution is 0.117.